The third-order valence-corrected chi connectivity index (χ3v) is 3.73. The number of hydrogen-bond donors (Lipinski definition) is 1. The number of fused-ring (bicyclic) bond motifs is 2. The summed E-state index contributed by atoms with van der Waals surface area (Å²) in [6.07, 6.45) is 4.17. The van der Waals surface area contributed by atoms with E-state index in [0.717, 1.165) is 18.2 Å². The molecule has 1 unspecified atom stereocenters. The van der Waals surface area contributed by atoms with E-state index in [4.69, 9.17) is 0 Å². The second-order valence-electron chi connectivity index (χ2n) is 4.28. The van der Waals surface area contributed by atoms with Crippen molar-refractivity contribution in [2.24, 2.45) is 10.9 Å². The Hall–Kier alpha value is -1.29. The number of nitrogens with one attached hydrogen (secondary N) is 1. The first-order chi connectivity index (χ1) is 7.72. The SMILES string of the molecule is Cc1cnc2c(c1)SC1=CC(C)CN=C1N2. The van der Waals surface area contributed by atoms with Gasteiger partial charge < -0.3 is 5.32 Å². The number of dihydropyridines is 1. The molecule has 1 aromatic heterocycles. The number of rotatable bonds is 0. The van der Waals surface area contributed by atoms with E-state index in [1.807, 2.05) is 6.20 Å². The molecule has 1 N–H and O–H groups in total. The first-order valence-electron chi connectivity index (χ1n) is 5.40. The number of anilines is 1. The van der Waals surface area contributed by atoms with E-state index < -0.39 is 0 Å². The average molecular weight is 231 g/mol. The number of aliphatic imine (C=N–C) groups is 1. The molecule has 3 rings (SSSR count). The van der Waals surface area contributed by atoms with Crippen LogP contribution in [0, 0.1) is 12.8 Å². The van der Waals surface area contributed by atoms with Crippen molar-refractivity contribution in [2.75, 3.05) is 11.9 Å². The van der Waals surface area contributed by atoms with Gasteiger partial charge in [-0.2, -0.15) is 0 Å². The second-order valence-corrected chi connectivity index (χ2v) is 5.37. The van der Waals surface area contributed by atoms with E-state index in [1.54, 1.807) is 11.8 Å². The molecule has 0 saturated carbocycles. The largest absolute Gasteiger partial charge is 0.323 e. The molecule has 2 aliphatic rings. The molecule has 0 spiro atoms. The number of nitrogens with zero attached hydrogens (tertiary/aromatic N) is 2. The van der Waals surface area contributed by atoms with Crippen molar-refractivity contribution in [1.29, 1.82) is 0 Å². The van der Waals surface area contributed by atoms with Gasteiger partial charge >= 0.3 is 0 Å². The highest BCUT2D eigenvalue weighted by molar-refractivity contribution is 8.04. The summed E-state index contributed by atoms with van der Waals surface area (Å²) < 4.78 is 0. The minimum Gasteiger partial charge on any atom is -0.323 e. The molecule has 4 heteroatoms. The maximum Gasteiger partial charge on any atom is 0.145 e. The monoisotopic (exact) mass is 231 g/mol. The van der Waals surface area contributed by atoms with Gasteiger partial charge in [-0.15, -0.1) is 0 Å². The van der Waals surface area contributed by atoms with E-state index >= 15 is 0 Å². The van der Waals surface area contributed by atoms with Crippen molar-refractivity contribution in [3.63, 3.8) is 0 Å². The molecular formula is C12H13N3S. The minimum absolute atomic E-state index is 0.535. The number of pyridine rings is 1. The van der Waals surface area contributed by atoms with Crippen LogP contribution in [0.25, 0.3) is 0 Å². The van der Waals surface area contributed by atoms with Gasteiger partial charge in [0.15, 0.2) is 0 Å². The first kappa shape index (κ1) is 9.90. The summed E-state index contributed by atoms with van der Waals surface area (Å²) in [5.74, 6) is 2.44. The number of hydrogen-bond acceptors (Lipinski definition) is 4. The Morgan fingerprint density at radius 1 is 1.50 bits per heavy atom. The summed E-state index contributed by atoms with van der Waals surface area (Å²) in [6.45, 7) is 5.13. The molecule has 0 saturated heterocycles. The molecule has 0 aliphatic carbocycles. The van der Waals surface area contributed by atoms with Crippen molar-refractivity contribution in [3.8, 4) is 0 Å². The third-order valence-electron chi connectivity index (χ3n) is 2.65. The zero-order chi connectivity index (χ0) is 11.1. The molecular weight excluding hydrogens is 218 g/mol. The zero-order valence-corrected chi connectivity index (χ0v) is 10.1. The lowest BCUT2D eigenvalue weighted by Gasteiger charge is -2.25. The lowest BCUT2D eigenvalue weighted by atomic mass is 10.1. The normalized spacial score (nSPS) is 22.5. The van der Waals surface area contributed by atoms with Gasteiger partial charge in [-0.3, -0.25) is 4.99 Å². The molecule has 1 aromatic rings. The fraction of sp³-hybridized carbons (Fsp3) is 0.333. The summed E-state index contributed by atoms with van der Waals surface area (Å²) >= 11 is 1.76. The maximum absolute atomic E-state index is 4.53. The molecule has 0 fully saturated rings. The minimum atomic E-state index is 0.535. The zero-order valence-electron chi connectivity index (χ0n) is 9.32. The molecule has 82 valence electrons. The van der Waals surface area contributed by atoms with E-state index in [0.29, 0.717) is 5.92 Å². The Morgan fingerprint density at radius 3 is 3.25 bits per heavy atom. The van der Waals surface area contributed by atoms with Gasteiger partial charge in [0, 0.05) is 12.7 Å². The van der Waals surface area contributed by atoms with Crippen LogP contribution >= 0.6 is 11.8 Å². The van der Waals surface area contributed by atoms with Crippen LogP contribution in [-0.2, 0) is 0 Å². The summed E-state index contributed by atoms with van der Waals surface area (Å²) in [4.78, 5) is 11.3. The fourth-order valence-corrected chi connectivity index (χ4v) is 3.03. The molecule has 0 amide bonds. The Morgan fingerprint density at radius 2 is 2.38 bits per heavy atom. The van der Waals surface area contributed by atoms with Crippen LogP contribution in [0.1, 0.15) is 12.5 Å². The van der Waals surface area contributed by atoms with Gasteiger partial charge in [0.1, 0.15) is 11.7 Å². The molecule has 3 nitrogen and oxygen atoms in total. The van der Waals surface area contributed by atoms with E-state index in [9.17, 15) is 0 Å². The van der Waals surface area contributed by atoms with Gasteiger partial charge in [0.05, 0.1) is 9.80 Å². The Balaban J connectivity index is 2.04. The van der Waals surface area contributed by atoms with Crippen LogP contribution < -0.4 is 5.32 Å². The number of thioether (sulfide) groups is 1. The van der Waals surface area contributed by atoms with Crippen LogP contribution in [0.3, 0.4) is 0 Å². The van der Waals surface area contributed by atoms with Crippen LogP contribution in [0.4, 0.5) is 5.82 Å². The van der Waals surface area contributed by atoms with Crippen molar-refractivity contribution < 1.29 is 0 Å². The smallest absolute Gasteiger partial charge is 0.145 e. The third kappa shape index (κ3) is 1.63. The number of amidine groups is 1. The Labute approximate surface area is 99.1 Å². The van der Waals surface area contributed by atoms with Gasteiger partial charge in [0.2, 0.25) is 0 Å². The molecule has 3 heterocycles. The topological polar surface area (TPSA) is 37.3 Å². The predicted molar refractivity (Wildman–Crippen MR) is 68.0 cm³/mol. The molecule has 0 bridgehead atoms. The van der Waals surface area contributed by atoms with Crippen molar-refractivity contribution in [1.82, 2.24) is 4.98 Å². The second kappa shape index (κ2) is 3.63. The first-order valence-corrected chi connectivity index (χ1v) is 6.22. The highest BCUT2D eigenvalue weighted by Crippen LogP contribution is 2.39. The van der Waals surface area contributed by atoms with Crippen molar-refractivity contribution in [3.05, 3.63) is 28.8 Å². The van der Waals surface area contributed by atoms with E-state index in [-0.39, 0.29) is 0 Å². The maximum atomic E-state index is 4.53. The summed E-state index contributed by atoms with van der Waals surface area (Å²) in [5, 5.41) is 3.30. The summed E-state index contributed by atoms with van der Waals surface area (Å²) in [5.41, 5.74) is 1.19. The highest BCUT2D eigenvalue weighted by Gasteiger charge is 2.23. The van der Waals surface area contributed by atoms with E-state index in [1.165, 1.54) is 15.4 Å². The van der Waals surface area contributed by atoms with Crippen LogP contribution in [0.15, 0.2) is 33.1 Å². The lowest BCUT2D eigenvalue weighted by molar-refractivity contribution is 0.732. The van der Waals surface area contributed by atoms with Crippen LogP contribution in [0.2, 0.25) is 0 Å². The van der Waals surface area contributed by atoms with Crippen molar-refractivity contribution >= 4 is 23.4 Å². The lowest BCUT2D eigenvalue weighted by Crippen LogP contribution is -2.23. The predicted octanol–water partition coefficient (Wildman–Crippen LogP) is 2.84. The van der Waals surface area contributed by atoms with Crippen molar-refractivity contribution in [2.45, 2.75) is 18.7 Å². The van der Waals surface area contributed by atoms with E-state index in [2.05, 4.69) is 41.3 Å². The van der Waals surface area contributed by atoms with Crippen LogP contribution in [0.5, 0.6) is 0 Å². The Bertz CT molecular complexity index is 505. The molecule has 0 radical (unpaired) electrons. The number of aryl methyl sites for hydroxylation is 1. The molecule has 2 aliphatic heterocycles. The van der Waals surface area contributed by atoms with Gasteiger partial charge in [-0.25, -0.2) is 4.98 Å². The molecule has 16 heavy (non-hydrogen) atoms. The van der Waals surface area contributed by atoms with Gasteiger partial charge in [-0.1, -0.05) is 24.8 Å². The van der Waals surface area contributed by atoms with Crippen LogP contribution in [-0.4, -0.2) is 17.4 Å². The fourth-order valence-electron chi connectivity index (χ4n) is 1.83. The average Bonchev–Trinajstić information content (AvgIpc) is 2.26. The molecule has 1 atom stereocenters. The molecule has 0 aromatic carbocycles. The van der Waals surface area contributed by atoms with Gasteiger partial charge in [0.25, 0.3) is 0 Å². The summed E-state index contributed by atoms with van der Waals surface area (Å²) in [6, 6.07) is 2.16. The standard InChI is InChI=1S/C12H13N3S/c1-7-3-9-11(13-5-7)15-12-10(16-9)4-8(2)6-14-12/h3-5,8H,6H2,1-2H3,(H,13,14,15). The summed E-state index contributed by atoms with van der Waals surface area (Å²) in [7, 11) is 0. The quantitative estimate of drug-likeness (QED) is 0.746. The van der Waals surface area contributed by atoms with Gasteiger partial charge in [-0.05, 0) is 24.5 Å². The Kier molecular flexibility index (Phi) is 2.24. The highest BCUT2D eigenvalue weighted by atomic mass is 32.2. The number of aromatic nitrogens is 1.